The first-order valence-corrected chi connectivity index (χ1v) is 18.2. The van der Waals surface area contributed by atoms with Crippen LogP contribution in [0.15, 0.2) is 92.8 Å². The van der Waals surface area contributed by atoms with Crippen LogP contribution >= 0.6 is 0 Å². The van der Waals surface area contributed by atoms with E-state index in [0.717, 1.165) is 0 Å². The van der Waals surface area contributed by atoms with Crippen molar-refractivity contribution in [2.45, 2.75) is 0 Å². The number of para-hydroxylation sites is 4. The average molecular weight is 1180 g/mol. The summed E-state index contributed by atoms with van der Waals surface area (Å²) >= 11 is 0. The Morgan fingerprint density at radius 3 is 0.797 bits per heavy atom. The Hall–Kier alpha value is -5.07. The molecule has 4 aromatic rings. The molecule has 0 heterocycles. The summed E-state index contributed by atoms with van der Waals surface area (Å²) in [6.07, 6.45) is 6.24. The van der Waals surface area contributed by atoms with Crippen molar-refractivity contribution >= 4 is 24.9 Å². The number of methoxy groups -OCH3 is 4. The van der Waals surface area contributed by atoms with Crippen molar-refractivity contribution < 1.29 is 129 Å². The van der Waals surface area contributed by atoms with Crippen LogP contribution in [0, 0.1) is 111 Å². The van der Waals surface area contributed by atoms with Gasteiger partial charge in [0.1, 0.15) is 23.0 Å². The SMILES string of the molecule is COc1cccc(C=NCCNCCN=Cc2cccc(OC)c2[O-])c1[O-].COc1cccc(C=NCCNCCN=Cc2cccc(OC)c2[O-])c1[O-].O=[N+]([O-])[O-].O=[N+]([O-])[O-].[Gd+3].[Gd+3]. The zero-order chi connectivity index (χ0) is 46.1. The summed E-state index contributed by atoms with van der Waals surface area (Å²) in [6, 6.07) is 20.4. The number of hydrogen-bond acceptors (Lipinski definition) is 20. The molecule has 0 aromatic heterocycles. The molecule has 0 aliphatic heterocycles. The first-order valence-electron chi connectivity index (χ1n) is 18.2. The molecule has 346 valence electrons. The van der Waals surface area contributed by atoms with Gasteiger partial charge in [-0.2, -0.15) is 0 Å². The Balaban J connectivity index is 0. The predicted octanol–water partition coefficient (Wildman–Crippen LogP) is 1.48. The first-order chi connectivity index (χ1) is 29.8. The van der Waals surface area contributed by atoms with E-state index in [0.29, 0.717) is 97.6 Å². The molecule has 0 atom stereocenters. The molecule has 0 bridgehead atoms. The molecule has 2 radical (unpaired) electrons. The molecule has 0 saturated carbocycles. The number of nitrogens with one attached hydrogen (secondary N) is 2. The van der Waals surface area contributed by atoms with E-state index in [1.165, 1.54) is 28.4 Å². The minimum atomic E-state index is -1.75. The number of ether oxygens (including phenoxy) is 4. The molecule has 22 nitrogen and oxygen atoms in total. The average Bonchev–Trinajstić information content (AvgIpc) is 3.24. The van der Waals surface area contributed by atoms with Crippen LogP contribution in [0.5, 0.6) is 46.0 Å². The third-order valence-corrected chi connectivity index (χ3v) is 7.51. The number of rotatable bonds is 20. The fraction of sp³-hybridized carbons (Fsp3) is 0.300. The second-order valence-corrected chi connectivity index (χ2v) is 11.6. The molecule has 0 saturated heterocycles. The van der Waals surface area contributed by atoms with Gasteiger partial charge >= 0.3 is 79.9 Å². The molecule has 0 fully saturated rings. The van der Waals surface area contributed by atoms with E-state index in [9.17, 15) is 20.4 Å². The summed E-state index contributed by atoms with van der Waals surface area (Å²) in [7, 11) is 5.87. The molecule has 0 unspecified atom stereocenters. The second kappa shape index (κ2) is 37.3. The zero-order valence-corrected chi connectivity index (χ0v) is 39.5. The Labute approximate surface area is 433 Å². The summed E-state index contributed by atoms with van der Waals surface area (Å²) < 4.78 is 20.0. The van der Waals surface area contributed by atoms with Crippen LogP contribution in [0.3, 0.4) is 0 Å². The van der Waals surface area contributed by atoms with Crippen LogP contribution < -0.4 is 50.0 Å². The smallest absolute Gasteiger partial charge is 0.870 e. The molecule has 0 aliphatic carbocycles. The third-order valence-electron chi connectivity index (χ3n) is 7.51. The van der Waals surface area contributed by atoms with E-state index in [4.69, 9.17) is 49.6 Å². The summed E-state index contributed by atoms with van der Waals surface area (Å²) in [5, 5.41) is 83.7. The minimum Gasteiger partial charge on any atom is -0.870 e. The maximum atomic E-state index is 11.9. The van der Waals surface area contributed by atoms with Gasteiger partial charge < -0.3 is 80.7 Å². The van der Waals surface area contributed by atoms with Crippen LogP contribution in [0.25, 0.3) is 0 Å². The van der Waals surface area contributed by atoms with Gasteiger partial charge in [0, 0.05) is 51.0 Å². The largest absolute Gasteiger partial charge is 3.00 e. The van der Waals surface area contributed by atoms with Crippen molar-refractivity contribution in [1.29, 1.82) is 0 Å². The van der Waals surface area contributed by atoms with Crippen molar-refractivity contribution in [3.05, 3.63) is 126 Å². The maximum absolute atomic E-state index is 11.9. The van der Waals surface area contributed by atoms with E-state index in [1.54, 1.807) is 97.7 Å². The van der Waals surface area contributed by atoms with Gasteiger partial charge in [-0.25, -0.2) is 0 Å². The van der Waals surface area contributed by atoms with Gasteiger partial charge in [-0.15, -0.1) is 0 Å². The zero-order valence-electron chi connectivity index (χ0n) is 35.0. The number of nitrogens with zero attached hydrogens (tertiary/aromatic N) is 6. The van der Waals surface area contributed by atoms with Crippen LogP contribution in [-0.4, -0.2) is 116 Å². The molecule has 24 heteroatoms. The summed E-state index contributed by atoms with van der Waals surface area (Å²) in [5.41, 5.74) is 2.02. The predicted molar refractivity (Wildman–Crippen MR) is 226 cm³/mol. The van der Waals surface area contributed by atoms with Gasteiger partial charge in [0.25, 0.3) is 0 Å². The molecule has 0 spiro atoms. The molecule has 2 N–H and O–H groups in total. The van der Waals surface area contributed by atoms with Crippen LogP contribution in [-0.2, 0) is 0 Å². The van der Waals surface area contributed by atoms with Crippen LogP contribution in [0.1, 0.15) is 22.3 Å². The van der Waals surface area contributed by atoms with E-state index in [-0.39, 0.29) is 103 Å². The van der Waals surface area contributed by atoms with E-state index in [2.05, 4.69) is 30.6 Å². The van der Waals surface area contributed by atoms with Crippen molar-refractivity contribution in [2.24, 2.45) is 20.0 Å². The van der Waals surface area contributed by atoms with Crippen molar-refractivity contribution in [3.63, 3.8) is 0 Å². The Morgan fingerprint density at radius 1 is 0.438 bits per heavy atom. The summed E-state index contributed by atoms with van der Waals surface area (Å²) in [5.74, 6) is 0.587. The van der Waals surface area contributed by atoms with Crippen molar-refractivity contribution in [3.8, 4) is 46.0 Å². The van der Waals surface area contributed by atoms with Gasteiger partial charge in [-0.1, -0.05) is 71.5 Å². The van der Waals surface area contributed by atoms with E-state index < -0.39 is 10.2 Å². The quantitative estimate of drug-likeness (QED) is 0.0548. The topological polar surface area (TPSA) is 335 Å². The summed E-state index contributed by atoms with van der Waals surface area (Å²) in [4.78, 5) is 33.4. The molecular formula is C40H46Gd2N8O14. The van der Waals surface area contributed by atoms with Crippen molar-refractivity contribution in [1.82, 2.24) is 10.6 Å². The van der Waals surface area contributed by atoms with Gasteiger partial charge in [-0.05, 0) is 46.5 Å². The Morgan fingerprint density at radius 2 is 0.625 bits per heavy atom. The van der Waals surface area contributed by atoms with Crippen LogP contribution in [0.4, 0.5) is 0 Å². The van der Waals surface area contributed by atoms with E-state index in [1.807, 2.05) is 0 Å². The molecule has 0 aliphatic rings. The number of benzene rings is 4. The normalized spacial score (nSPS) is 10.3. The maximum Gasteiger partial charge on any atom is 3.00 e. The van der Waals surface area contributed by atoms with E-state index >= 15 is 0 Å². The summed E-state index contributed by atoms with van der Waals surface area (Å²) in [6.45, 7) is 4.82. The fourth-order valence-corrected chi connectivity index (χ4v) is 4.66. The molecule has 4 aromatic carbocycles. The standard InChI is InChI=1S/2C20H25N3O4.2Gd.2NO3/c2*1-26-17-7-3-5-15(19(17)24)13-22-11-9-21-10-12-23-14-16-6-4-8-18(27-2)20(16)25;;;2*2-1(3)4/h2*3-8,13-14,21,24-25H,9-12H2,1-2H3;;;;/q;;2*+3;2*-1/p-4. The van der Waals surface area contributed by atoms with Gasteiger partial charge in [0.2, 0.25) is 0 Å². The number of hydrogen-bond donors (Lipinski definition) is 2. The van der Waals surface area contributed by atoms with Gasteiger partial charge in [0.05, 0.1) is 64.8 Å². The van der Waals surface area contributed by atoms with Crippen molar-refractivity contribution in [2.75, 3.05) is 80.8 Å². The Kier molecular flexibility index (Phi) is 35.6. The molecule has 0 amide bonds. The Bertz CT molecular complexity index is 1790. The van der Waals surface area contributed by atoms with Gasteiger partial charge in [-0.3, -0.25) is 20.0 Å². The number of aliphatic imine (C=N–C) groups is 4. The van der Waals surface area contributed by atoms with Crippen LogP contribution in [0.2, 0.25) is 0 Å². The molecule has 64 heavy (non-hydrogen) atoms. The minimum absolute atomic E-state index is 0. The molecule has 4 rings (SSSR count). The second-order valence-electron chi connectivity index (χ2n) is 11.6. The first kappa shape index (κ1) is 61.0. The monoisotopic (exact) mass is 1180 g/mol. The third kappa shape index (κ3) is 25.9. The fourth-order valence-electron chi connectivity index (χ4n) is 4.66. The van der Waals surface area contributed by atoms with Gasteiger partial charge in [0.15, 0.2) is 0 Å². The molecular weight excluding hydrogens is 1130 g/mol.